The maximum Gasteiger partial charge on any atom is 0.227 e. The van der Waals surface area contributed by atoms with Crippen LogP contribution in [0.5, 0.6) is 11.5 Å². The maximum atomic E-state index is 12.9. The van der Waals surface area contributed by atoms with Crippen LogP contribution in [0.15, 0.2) is 42.5 Å². The van der Waals surface area contributed by atoms with Crippen LogP contribution in [0.1, 0.15) is 23.6 Å². The Hall–Kier alpha value is -2.57. The van der Waals surface area contributed by atoms with E-state index in [2.05, 4.69) is 40.2 Å². The monoisotopic (exact) mass is 423 g/mol. The average molecular weight is 424 g/mol. The van der Waals surface area contributed by atoms with E-state index in [1.807, 2.05) is 24.3 Å². The molecule has 166 valence electrons. The summed E-state index contributed by atoms with van der Waals surface area (Å²) in [5.74, 6) is 1.49. The molecule has 1 atom stereocenters. The van der Waals surface area contributed by atoms with Crippen molar-refractivity contribution in [2.24, 2.45) is 5.92 Å². The third kappa shape index (κ3) is 5.38. The standard InChI is InChI=1S/C25H33N3O3/c1-3-27-10-12-28(13-11-27)17-20-7-5-4-6-19(20)16-26-25(29)22-14-21-15-23(30-2)8-9-24(21)31-18-22/h4-9,15,22H,3,10-14,16-18H2,1-2H3,(H,26,29). The number of fused-ring (bicyclic) bond motifs is 1. The van der Waals surface area contributed by atoms with Gasteiger partial charge < -0.3 is 19.7 Å². The van der Waals surface area contributed by atoms with Gasteiger partial charge >= 0.3 is 0 Å². The van der Waals surface area contributed by atoms with Crippen LogP contribution in [0.4, 0.5) is 0 Å². The number of piperazine rings is 1. The molecule has 1 N–H and O–H groups in total. The van der Waals surface area contributed by atoms with Crippen molar-refractivity contribution >= 4 is 5.91 Å². The zero-order valence-electron chi connectivity index (χ0n) is 18.6. The highest BCUT2D eigenvalue weighted by molar-refractivity contribution is 5.79. The maximum absolute atomic E-state index is 12.9. The number of hydrogen-bond acceptors (Lipinski definition) is 5. The molecule has 0 aromatic heterocycles. The van der Waals surface area contributed by atoms with E-state index in [-0.39, 0.29) is 11.8 Å². The van der Waals surface area contributed by atoms with Crippen molar-refractivity contribution in [2.45, 2.75) is 26.4 Å². The summed E-state index contributed by atoms with van der Waals surface area (Å²) < 4.78 is 11.1. The van der Waals surface area contributed by atoms with Crippen LogP contribution < -0.4 is 14.8 Å². The highest BCUT2D eigenvalue weighted by atomic mass is 16.5. The number of rotatable bonds is 7. The lowest BCUT2D eigenvalue weighted by molar-refractivity contribution is -0.126. The predicted octanol–water partition coefficient (Wildman–Crippen LogP) is 2.70. The first-order valence-electron chi connectivity index (χ1n) is 11.2. The van der Waals surface area contributed by atoms with E-state index in [9.17, 15) is 4.79 Å². The van der Waals surface area contributed by atoms with Crippen molar-refractivity contribution in [2.75, 3.05) is 46.4 Å². The fourth-order valence-corrected chi connectivity index (χ4v) is 4.38. The van der Waals surface area contributed by atoms with Crippen molar-refractivity contribution in [1.29, 1.82) is 0 Å². The Labute approximate surface area is 185 Å². The molecule has 4 rings (SSSR count). The lowest BCUT2D eigenvalue weighted by Crippen LogP contribution is -2.45. The Morgan fingerprint density at radius 2 is 1.84 bits per heavy atom. The summed E-state index contributed by atoms with van der Waals surface area (Å²) >= 11 is 0. The number of amides is 1. The molecular weight excluding hydrogens is 390 g/mol. The number of hydrogen-bond donors (Lipinski definition) is 1. The lowest BCUT2D eigenvalue weighted by atomic mass is 9.95. The summed E-state index contributed by atoms with van der Waals surface area (Å²) in [5, 5.41) is 3.14. The quantitative estimate of drug-likeness (QED) is 0.742. The smallest absolute Gasteiger partial charge is 0.227 e. The molecule has 2 aliphatic heterocycles. The summed E-state index contributed by atoms with van der Waals surface area (Å²) in [4.78, 5) is 17.9. The lowest BCUT2D eigenvalue weighted by Gasteiger charge is -2.34. The first-order chi connectivity index (χ1) is 15.2. The number of ether oxygens (including phenoxy) is 2. The van der Waals surface area contributed by atoms with Crippen LogP contribution in [-0.4, -0.2) is 62.1 Å². The minimum absolute atomic E-state index is 0.0415. The van der Waals surface area contributed by atoms with Crippen LogP contribution in [0.3, 0.4) is 0 Å². The minimum atomic E-state index is -0.186. The van der Waals surface area contributed by atoms with E-state index in [0.717, 1.165) is 56.3 Å². The second-order valence-electron chi connectivity index (χ2n) is 8.38. The van der Waals surface area contributed by atoms with E-state index < -0.39 is 0 Å². The third-order valence-corrected chi connectivity index (χ3v) is 6.42. The van der Waals surface area contributed by atoms with Crippen molar-refractivity contribution in [3.63, 3.8) is 0 Å². The van der Waals surface area contributed by atoms with Gasteiger partial charge in [0.25, 0.3) is 0 Å². The zero-order chi connectivity index (χ0) is 21.6. The fraction of sp³-hybridized carbons (Fsp3) is 0.480. The van der Waals surface area contributed by atoms with Gasteiger partial charge in [-0.3, -0.25) is 9.69 Å². The topological polar surface area (TPSA) is 54.0 Å². The Bertz CT molecular complexity index is 893. The van der Waals surface area contributed by atoms with Gasteiger partial charge in [-0.25, -0.2) is 0 Å². The second-order valence-corrected chi connectivity index (χ2v) is 8.38. The van der Waals surface area contributed by atoms with Crippen LogP contribution >= 0.6 is 0 Å². The fourth-order valence-electron chi connectivity index (χ4n) is 4.38. The Morgan fingerprint density at radius 1 is 1.10 bits per heavy atom. The number of benzene rings is 2. The number of carbonyl (C=O) groups is 1. The molecular formula is C25H33N3O3. The number of nitrogens with one attached hydrogen (secondary N) is 1. The van der Waals surface area contributed by atoms with Crippen LogP contribution in [0, 0.1) is 5.92 Å². The van der Waals surface area contributed by atoms with Gasteiger partial charge in [0.1, 0.15) is 18.1 Å². The second kappa shape index (κ2) is 10.2. The molecule has 0 bridgehead atoms. The van der Waals surface area contributed by atoms with Gasteiger partial charge in [0.2, 0.25) is 5.91 Å². The molecule has 0 aliphatic carbocycles. The first kappa shape index (κ1) is 21.7. The van der Waals surface area contributed by atoms with E-state index in [0.29, 0.717) is 19.6 Å². The third-order valence-electron chi connectivity index (χ3n) is 6.42. The highest BCUT2D eigenvalue weighted by Gasteiger charge is 2.26. The number of nitrogens with zero attached hydrogens (tertiary/aromatic N) is 2. The van der Waals surface area contributed by atoms with Gasteiger partial charge in [0, 0.05) is 39.3 Å². The van der Waals surface area contributed by atoms with Gasteiger partial charge in [-0.1, -0.05) is 31.2 Å². The number of methoxy groups -OCH3 is 1. The normalized spacial score (nSPS) is 19.4. The number of carbonyl (C=O) groups excluding carboxylic acids is 1. The van der Waals surface area contributed by atoms with Crippen LogP contribution in [0.25, 0.3) is 0 Å². The Morgan fingerprint density at radius 3 is 2.58 bits per heavy atom. The SMILES string of the molecule is CCN1CCN(Cc2ccccc2CNC(=O)C2COc3ccc(OC)cc3C2)CC1. The van der Waals surface area contributed by atoms with Crippen molar-refractivity contribution < 1.29 is 14.3 Å². The molecule has 1 unspecified atom stereocenters. The van der Waals surface area contributed by atoms with Crippen molar-refractivity contribution in [1.82, 2.24) is 15.1 Å². The van der Waals surface area contributed by atoms with Gasteiger partial charge in [-0.05, 0) is 47.9 Å². The molecule has 2 heterocycles. The molecule has 6 heteroatoms. The highest BCUT2D eigenvalue weighted by Crippen LogP contribution is 2.30. The summed E-state index contributed by atoms with van der Waals surface area (Å²) in [7, 11) is 1.65. The minimum Gasteiger partial charge on any atom is -0.497 e. The average Bonchev–Trinajstić information content (AvgIpc) is 2.83. The largest absolute Gasteiger partial charge is 0.497 e. The van der Waals surface area contributed by atoms with E-state index >= 15 is 0 Å². The molecule has 31 heavy (non-hydrogen) atoms. The summed E-state index contributed by atoms with van der Waals surface area (Å²) in [6, 6.07) is 14.2. The van der Waals surface area contributed by atoms with Crippen molar-refractivity contribution in [3.8, 4) is 11.5 Å². The van der Waals surface area contributed by atoms with Crippen molar-refractivity contribution in [3.05, 3.63) is 59.2 Å². The molecule has 2 aliphatic rings. The Kier molecular flexibility index (Phi) is 7.10. The summed E-state index contributed by atoms with van der Waals surface area (Å²) in [5.41, 5.74) is 3.51. The van der Waals surface area contributed by atoms with Crippen LogP contribution in [-0.2, 0) is 24.3 Å². The summed E-state index contributed by atoms with van der Waals surface area (Å²) in [6.45, 7) is 9.68. The van der Waals surface area contributed by atoms with E-state index in [4.69, 9.17) is 9.47 Å². The molecule has 2 aromatic rings. The van der Waals surface area contributed by atoms with Gasteiger partial charge in [-0.15, -0.1) is 0 Å². The Balaban J connectivity index is 1.33. The van der Waals surface area contributed by atoms with Gasteiger partial charge in [0.15, 0.2) is 0 Å². The summed E-state index contributed by atoms with van der Waals surface area (Å²) in [6.07, 6.45) is 0.668. The molecule has 1 fully saturated rings. The first-order valence-corrected chi connectivity index (χ1v) is 11.2. The number of likely N-dealkylation sites (N-methyl/N-ethyl adjacent to an activating group) is 1. The van der Waals surface area contributed by atoms with E-state index in [1.165, 1.54) is 11.1 Å². The van der Waals surface area contributed by atoms with E-state index in [1.54, 1.807) is 7.11 Å². The molecule has 1 amide bonds. The van der Waals surface area contributed by atoms with Crippen LogP contribution in [0.2, 0.25) is 0 Å². The van der Waals surface area contributed by atoms with Gasteiger partial charge in [0.05, 0.1) is 13.0 Å². The predicted molar refractivity (Wildman–Crippen MR) is 121 cm³/mol. The molecule has 0 radical (unpaired) electrons. The molecule has 1 saturated heterocycles. The molecule has 6 nitrogen and oxygen atoms in total. The molecule has 2 aromatic carbocycles. The molecule has 0 saturated carbocycles. The zero-order valence-corrected chi connectivity index (χ0v) is 18.6. The van der Waals surface area contributed by atoms with Gasteiger partial charge in [-0.2, -0.15) is 0 Å². The molecule has 0 spiro atoms.